The Morgan fingerprint density at radius 1 is 1.29 bits per heavy atom. The first kappa shape index (κ1) is 15.2. The van der Waals surface area contributed by atoms with E-state index in [1.165, 1.54) is 5.56 Å². The summed E-state index contributed by atoms with van der Waals surface area (Å²) in [5, 5.41) is 8.31. The normalized spacial score (nSPS) is 11.4. The van der Waals surface area contributed by atoms with Crippen LogP contribution in [0.5, 0.6) is 0 Å². The molecule has 6 nitrogen and oxygen atoms in total. The number of aromatic nitrogens is 3. The quantitative estimate of drug-likeness (QED) is 0.458. The lowest BCUT2D eigenvalue weighted by atomic mass is 10.2. The Morgan fingerprint density at radius 3 is 2.76 bits per heavy atom. The van der Waals surface area contributed by atoms with Gasteiger partial charge in [0.05, 0.1) is 12.2 Å². The van der Waals surface area contributed by atoms with Crippen molar-refractivity contribution in [3.8, 4) is 0 Å². The van der Waals surface area contributed by atoms with Crippen LogP contribution < -0.4 is 5.43 Å². The lowest BCUT2D eigenvalue weighted by Gasteiger charge is -2.06. The number of benzene rings is 1. The molecule has 0 aliphatic rings. The van der Waals surface area contributed by atoms with Crippen LogP contribution in [0, 0.1) is 0 Å². The van der Waals surface area contributed by atoms with Gasteiger partial charge in [-0.05, 0) is 51.2 Å². The van der Waals surface area contributed by atoms with Gasteiger partial charge in [0.15, 0.2) is 0 Å². The Balaban J connectivity index is 1.73. The van der Waals surface area contributed by atoms with Crippen LogP contribution in [-0.4, -0.2) is 46.5 Å². The molecular weight excluding hydrogens is 264 g/mol. The van der Waals surface area contributed by atoms with Crippen molar-refractivity contribution in [1.29, 1.82) is 0 Å². The van der Waals surface area contributed by atoms with Crippen LogP contribution in [0.3, 0.4) is 0 Å². The van der Waals surface area contributed by atoms with Crippen LogP contribution in [-0.2, 0) is 6.54 Å². The van der Waals surface area contributed by atoms with Crippen molar-refractivity contribution in [2.24, 2.45) is 5.10 Å². The van der Waals surface area contributed by atoms with Crippen molar-refractivity contribution >= 4 is 11.9 Å². The number of hydrogen-bond acceptors (Lipinski definition) is 5. The minimum absolute atomic E-state index is 0.730. The summed E-state index contributed by atoms with van der Waals surface area (Å²) >= 11 is 0. The molecular formula is C15H22N6. The molecule has 6 heteroatoms. The van der Waals surface area contributed by atoms with Crippen molar-refractivity contribution in [3.63, 3.8) is 0 Å². The van der Waals surface area contributed by atoms with Gasteiger partial charge in [-0.3, -0.25) is 5.43 Å². The zero-order valence-electron chi connectivity index (χ0n) is 12.6. The fraction of sp³-hybridized carbons (Fsp3) is 0.400. The van der Waals surface area contributed by atoms with Gasteiger partial charge >= 0.3 is 0 Å². The molecule has 0 aliphatic carbocycles. The zero-order chi connectivity index (χ0) is 14.9. The second-order valence-electron chi connectivity index (χ2n) is 5.16. The van der Waals surface area contributed by atoms with E-state index in [0.717, 1.165) is 31.6 Å². The van der Waals surface area contributed by atoms with E-state index in [1.54, 1.807) is 17.3 Å². The van der Waals surface area contributed by atoms with E-state index in [9.17, 15) is 0 Å². The van der Waals surface area contributed by atoms with E-state index in [4.69, 9.17) is 0 Å². The van der Waals surface area contributed by atoms with E-state index in [1.807, 2.05) is 18.3 Å². The van der Waals surface area contributed by atoms with E-state index >= 15 is 0 Å². The average molecular weight is 286 g/mol. The largest absolute Gasteiger partial charge is 0.309 e. The minimum Gasteiger partial charge on any atom is -0.309 e. The highest BCUT2D eigenvalue weighted by Gasteiger charge is 1.96. The topological polar surface area (TPSA) is 58.3 Å². The fourth-order valence-electron chi connectivity index (χ4n) is 1.87. The molecule has 0 atom stereocenters. The fourth-order valence-corrected chi connectivity index (χ4v) is 1.87. The SMILES string of the molecule is CN(C)CCC/C=N/Nc1ccc(Cn2cncn2)cc1. The number of hydrogen-bond donors (Lipinski definition) is 1. The summed E-state index contributed by atoms with van der Waals surface area (Å²) < 4.78 is 1.80. The molecule has 0 spiro atoms. The first-order valence-electron chi connectivity index (χ1n) is 7.07. The summed E-state index contributed by atoms with van der Waals surface area (Å²) in [7, 11) is 4.16. The number of rotatable bonds is 8. The maximum Gasteiger partial charge on any atom is 0.137 e. The molecule has 0 unspecified atom stereocenters. The molecule has 2 rings (SSSR count). The summed E-state index contributed by atoms with van der Waals surface area (Å²) in [5.74, 6) is 0. The first-order chi connectivity index (χ1) is 10.2. The van der Waals surface area contributed by atoms with Gasteiger partial charge in [0.2, 0.25) is 0 Å². The molecule has 1 heterocycles. The zero-order valence-corrected chi connectivity index (χ0v) is 12.6. The predicted octanol–water partition coefficient (Wildman–Crippen LogP) is 2.07. The van der Waals surface area contributed by atoms with Gasteiger partial charge in [0, 0.05) is 6.21 Å². The number of nitrogens with one attached hydrogen (secondary N) is 1. The molecule has 112 valence electrons. The van der Waals surface area contributed by atoms with Crippen LogP contribution in [0.2, 0.25) is 0 Å². The Kier molecular flexibility index (Phi) is 5.90. The van der Waals surface area contributed by atoms with E-state index in [2.05, 4.69) is 51.7 Å². The second kappa shape index (κ2) is 8.16. The highest BCUT2D eigenvalue weighted by Crippen LogP contribution is 2.10. The summed E-state index contributed by atoms with van der Waals surface area (Å²) in [6.07, 6.45) is 7.28. The first-order valence-corrected chi connectivity index (χ1v) is 7.07. The minimum atomic E-state index is 0.730. The van der Waals surface area contributed by atoms with Crippen molar-refractivity contribution in [1.82, 2.24) is 19.7 Å². The molecule has 0 fully saturated rings. The van der Waals surface area contributed by atoms with Crippen molar-refractivity contribution < 1.29 is 0 Å². The standard InChI is InChI=1S/C15H22N6/c1-20(2)10-4-3-9-17-19-15-7-5-14(6-8-15)11-21-13-16-12-18-21/h5-9,12-13,19H,3-4,10-11H2,1-2H3/b17-9+. The van der Waals surface area contributed by atoms with Gasteiger partial charge in [-0.2, -0.15) is 10.2 Å². The highest BCUT2D eigenvalue weighted by atomic mass is 15.3. The molecule has 0 saturated carbocycles. The van der Waals surface area contributed by atoms with Gasteiger partial charge in [-0.25, -0.2) is 9.67 Å². The number of unbranched alkanes of at least 4 members (excludes halogenated alkanes) is 1. The third-order valence-corrected chi connectivity index (χ3v) is 2.99. The lowest BCUT2D eigenvalue weighted by molar-refractivity contribution is 0.404. The molecule has 2 aromatic rings. The summed E-state index contributed by atoms with van der Waals surface area (Å²) in [6.45, 7) is 1.82. The molecule has 0 aliphatic heterocycles. The summed E-state index contributed by atoms with van der Waals surface area (Å²) in [5.41, 5.74) is 5.21. The van der Waals surface area contributed by atoms with Crippen molar-refractivity contribution in [2.75, 3.05) is 26.1 Å². The van der Waals surface area contributed by atoms with Crippen LogP contribution in [0.1, 0.15) is 18.4 Å². The molecule has 21 heavy (non-hydrogen) atoms. The third-order valence-electron chi connectivity index (χ3n) is 2.99. The number of hydrazone groups is 1. The number of anilines is 1. The molecule has 0 saturated heterocycles. The molecule has 1 N–H and O–H groups in total. The maximum absolute atomic E-state index is 4.22. The number of nitrogens with zero attached hydrogens (tertiary/aromatic N) is 5. The van der Waals surface area contributed by atoms with Gasteiger partial charge in [0.1, 0.15) is 12.7 Å². The molecule has 1 aromatic heterocycles. The molecule has 0 bridgehead atoms. The van der Waals surface area contributed by atoms with Gasteiger partial charge < -0.3 is 4.90 Å². The van der Waals surface area contributed by atoms with Gasteiger partial charge in [0.25, 0.3) is 0 Å². The van der Waals surface area contributed by atoms with Crippen LogP contribution in [0.4, 0.5) is 5.69 Å². The van der Waals surface area contributed by atoms with E-state index in [0.29, 0.717) is 0 Å². The molecule has 0 radical (unpaired) electrons. The van der Waals surface area contributed by atoms with Crippen LogP contribution in [0.15, 0.2) is 42.0 Å². The monoisotopic (exact) mass is 286 g/mol. The Morgan fingerprint density at radius 2 is 2.10 bits per heavy atom. The van der Waals surface area contributed by atoms with Gasteiger partial charge in [-0.1, -0.05) is 12.1 Å². The third kappa shape index (κ3) is 5.74. The molecule has 0 amide bonds. The summed E-state index contributed by atoms with van der Waals surface area (Å²) in [6, 6.07) is 8.16. The second-order valence-corrected chi connectivity index (χ2v) is 5.16. The molecule has 1 aromatic carbocycles. The Hall–Kier alpha value is -2.21. The predicted molar refractivity (Wildman–Crippen MR) is 85.5 cm³/mol. The highest BCUT2D eigenvalue weighted by molar-refractivity contribution is 5.59. The lowest BCUT2D eigenvalue weighted by Crippen LogP contribution is -2.12. The Bertz CT molecular complexity index is 530. The smallest absolute Gasteiger partial charge is 0.137 e. The Labute approximate surface area is 125 Å². The van der Waals surface area contributed by atoms with Gasteiger partial charge in [-0.15, -0.1) is 0 Å². The van der Waals surface area contributed by atoms with E-state index < -0.39 is 0 Å². The summed E-state index contributed by atoms with van der Waals surface area (Å²) in [4.78, 5) is 6.10. The van der Waals surface area contributed by atoms with Crippen LogP contribution >= 0.6 is 0 Å². The van der Waals surface area contributed by atoms with Crippen molar-refractivity contribution in [3.05, 3.63) is 42.5 Å². The van der Waals surface area contributed by atoms with Crippen molar-refractivity contribution in [2.45, 2.75) is 19.4 Å². The maximum atomic E-state index is 4.22. The average Bonchev–Trinajstić information content (AvgIpc) is 2.97. The van der Waals surface area contributed by atoms with Crippen LogP contribution in [0.25, 0.3) is 0 Å². The van der Waals surface area contributed by atoms with E-state index in [-0.39, 0.29) is 0 Å².